The first kappa shape index (κ1) is 13.8. The van der Waals surface area contributed by atoms with Gasteiger partial charge in [0.05, 0.1) is 13.2 Å². The number of hydrogen-bond donors (Lipinski definition) is 0. The van der Waals surface area contributed by atoms with E-state index in [0.717, 1.165) is 19.4 Å². The number of ether oxygens (including phenoxy) is 1. The SMILES string of the molecule is CC.COCC1CCCN1CC(F)F. The maximum atomic E-state index is 12.0. The molecule has 4 heteroatoms. The van der Waals surface area contributed by atoms with Gasteiger partial charge in [0, 0.05) is 13.2 Å². The van der Waals surface area contributed by atoms with E-state index < -0.39 is 6.43 Å². The lowest BCUT2D eigenvalue weighted by Crippen LogP contribution is -2.36. The molecule has 1 unspecified atom stereocenters. The van der Waals surface area contributed by atoms with Gasteiger partial charge in [-0.15, -0.1) is 0 Å². The third-order valence-corrected chi connectivity index (χ3v) is 2.23. The molecule has 86 valence electrons. The lowest BCUT2D eigenvalue weighted by molar-refractivity contribution is 0.0555. The van der Waals surface area contributed by atoms with Crippen molar-refractivity contribution in [2.45, 2.75) is 39.2 Å². The van der Waals surface area contributed by atoms with Crippen LogP contribution in [-0.4, -0.2) is 44.2 Å². The van der Waals surface area contributed by atoms with Crippen LogP contribution < -0.4 is 0 Å². The molecule has 0 aromatic heterocycles. The van der Waals surface area contributed by atoms with Crippen molar-refractivity contribution >= 4 is 0 Å². The van der Waals surface area contributed by atoms with Crippen molar-refractivity contribution < 1.29 is 13.5 Å². The summed E-state index contributed by atoms with van der Waals surface area (Å²) in [7, 11) is 1.61. The van der Waals surface area contributed by atoms with E-state index in [1.54, 1.807) is 7.11 Å². The minimum Gasteiger partial charge on any atom is -0.383 e. The molecule has 0 aromatic carbocycles. The van der Waals surface area contributed by atoms with Crippen molar-refractivity contribution in [1.29, 1.82) is 0 Å². The smallest absolute Gasteiger partial charge is 0.251 e. The van der Waals surface area contributed by atoms with Gasteiger partial charge < -0.3 is 4.74 Å². The fraction of sp³-hybridized carbons (Fsp3) is 1.00. The van der Waals surface area contributed by atoms with Crippen molar-refractivity contribution in [3.05, 3.63) is 0 Å². The van der Waals surface area contributed by atoms with Crippen LogP contribution in [0.25, 0.3) is 0 Å². The summed E-state index contributed by atoms with van der Waals surface area (Å²) in [4.78, 5) is 1.81. The Balaban J connectivity index is 0.000000791. The molecule has 1 heterocycles. The van der Waals surface area contributed by atoms with Crippen molar-refractivity contribution in [1.82, 2.24) is 4.90 Å². The Morgan fingerprint density at radius 1 is 1.43 bits per heavy atom. The molecule has 2 nitrogen and oxygen atoms in total. The van der Waals surface area contributed by atoms with Crippen molar-refractivity contribution in [2.24, 2.45) is 0 Å². The summed E-state index contributed by atoms with van der Waals surface area (Å²) in [5, 5.41) is 0. The second-order valence-corrected chi connectivity index (χ2v) is 3.14. The van der Waals surface area contributed by atoms with E-state index in [1.807, 2.05) is 18.7 Å². The third-order valence-electron chi connectivity index (χ3n) is 2.23. The summed E-state index contributed by atoms with van der Waals surface area (Å²) >= 11 is 0. The van der Waals surface area contributed by atoms with Gasteiger partial charge in [-0.2, -0.15) is 0 Å². The molecule has 0 N–H and O–H groups in total. The molecule has 1 fully saturated rings. The highest BCUT2D eigenvalue weighted by Crippen LogP contribution is 2.18. The van der Waals surface area contributed by atoms with E-state index >= 15 is 0 Å². The first-order valence-electron chi connectivity index (χ1n) is 5.25. The Labute approximate surface area is 85.2 Å². The van der Waals surface area contributed by atoms with E-state index in [1.165, 1.54) is 0 Å². The van der Waals surface area contributed by atoms with Crippen LogP contribution in [-0.2, 0) is 4.74 Å². The molecule has 0 spiro atoms. The monoisotopic (exact) mass is 209 g/mol. The topological polar surface area (TPSA) is 12.5 Å². The van der Waals surface area contributed by atoms with Crippen LogP contribution in [0.15, 0.2) is 0 Å². The molecule has 0 radical (unpaired) electrons. The second-order valence-electron chi connectivity index (χ2n) is 3.14. The Kier molecular flexibility index (Phi) is 7.99. The van der Waals surface area contributed by atoms with Gasteiger partial charge in [-0.25, -0.2) is 8.78 Å². The number of hydrogen-bond acceptors (Lipinski definition) is 2. The fourth-order valence-electron chi connectivity index (χ4n) is 1.69. The van der Waals surface area contributed by atoms with Gasteiger partial charge in [-0.1, -0.05) is 13.8 Å². The number of halogens is 2. The van der Waals surface area contributed by atoms with Gasteiger partial charge in [0.1, 0.15) is 0 Å². The number of likely N-dealkylation sites (tertiary alicyclic amines) is 1. The Hall–Kier alpha value is -0.220. The molecule has 1 aliphatic rings. The maximum Gasteiger partial charge on any atom is 0.251 e. The number of methoxy groups -OCH3 is 1. The molecule has 0 aliphatic carbocycles. The zero-order valence-corrected chi connectivity index (χ0v) is 9.30. The summed E-state index contributed by atoms with van der Waals surface area (Å²) in [5.41, 5.74) is 0. The summed E-state index contributed by atoms with van der Waals surface area (Å²) in [6, 6.07) is 0.212. The van der Waals surface area contributed by atoms with Crippen molar-refractivity contribution in [3.8, 4) is 0 Å². The van der Waals surface area contributed by atoms with Crippen LogP contribution in [0.2, 0.25) is 0 Å². The highest BCUT2D eigenvalue weighted by Gasteiger charge is 2.26. The van der Waals surface area contributed by atoms with Gasteiger partial charge in [0.25, 0.3) is 6.43 Å². The molecule has 0 amide bonds. The van der Waals surface area contributed by atoms with Gasteiger partial charge in [-0.05, 0) is 19.4 Å². The number of rotatable bonds is 4. The first-order chi connectivity index (χ1) is 6.74. The van der Waals surface area contributed by atoms with Crippen molar-refractivity contribution in [3.63, 3.8) is 0 Å². The Morgan fingerprint density at radius 3 is 2.57 bits per heavy atom. The van der Waals surface area contributed by atoms with E-state index in [4.69, 9.17) is 4.74 Å². The minimum atomic E-state index is -2.22. The normalized spacial score (nSPS) is 22.3. The number of nitrogens with zero attached hydrogens (tertiary/aromatic N) is 1. The lowest BCUT2D eigenvalue weighted by Gasteiger charge is -2.22. The van der Waals surface area contributed by atoms with Crippen LogP contribution >= 0.6 is 0 Å². The van der Waals surface area contributed by atoms with Gasteiger partial charge >= 0.3 is 0 Å². The summed E-state index contributed by atoms with van der Waals surface area (Å²) < 4.78 is 29.0. The average Bonchev–Trinajstić information content (AvgIpc) is 2.56. The first-order valence-corrected chi connectivity index (χ1v) is 5.25. The molecule has 0 bridgehead atoms. The summed E-state index contributed by atoms with van der Waals surface area (Å²) in [5.74, 6) is 0. The van der Waals surface area contributed by atoms with Gasteiger partial charge in [0.2, 0.25) is 0 Å². The molecule has 0 saturated carbocycles. The zero-order chi connectivity index (χ0) is 11.0. The Morgan fingerprint density at radius 2 is 2.07 bits per heavy atom. The fourth-order valence-corrected chi connectivity index (χ4v) is 1.69. The zero-order valence-electron chi connectivity index (χ0n) is 9.30. The highest BCUT2D eigenvalue weighted by atomic mass is 19.3. The van der Waals surface area contributed by atoms with E-state index in [0.29, 0.717) is 6.61 Å². The predicted molar refractivity (Wildman–Crippen MR) is 53.8 cm³/mol. The minimum absolute atomic E-state index is 0.103. The molecule has 0 aromatic rings. The van der Waals surface area contributed by atoms with Gasteiger partial charge in [-0.3, -0.25) is 4.90 Å². The molecule has 1 rings (SSSR count). The second kappa shape index (κ2) is 8.12. The van der Waals surface area contributed by atoms with E-state index in [9.17, 15) is 8.78 Å². The average molecular weight is 209 g/mol. The maximum absolute atomic E-state index is 12.0. The molecule has 1 saturated heterocycles. The predicted octanol–water partition coefficient (Wildman–Crippen LogP) is 2.39. The lowest BCUT2D eigenvalue weighted by atomic mass is 10.2. The van der Waals surface area contributed by atoms with Crippen LogP contribution in [0.4, 0.5) is 8.78 Å². The van der Waals surface area contributed by atoms with Crippen LogP contribution in [0, 0.1) is 0 Å². The van der Waals surface area contributed by atoms with Crippen LogP contribution in [0.3, 0.4) is 0 Å². The van der Waals surface area contributed by atoms with E-state index in [2.05, 4.69) is 0 Å². The van der Waals surface area contributed by atoms with Crippen LogP contribution in [0.5, 0.6) is 0 Å². The highest BCUT2D eigenvalue weighted by molar-refractivity contribution is 4.78. The molecule has 1 atom stereocenters. The quantitative estimate of drug-likeness (QED) is 0.705. The Bertz CT molecular complexity index is 133. The molecule has 1 aliphatic heterocycles. The summed E-state index contributed by atoms with van der Waals surface area (Å²) in [6.07, 6.45) is -0.219. The number of alkyl halides is 2. The van der Waals surface area contributed by atoms with E-state index in [-0.39, 0.29) is 12.6 Å². The largest absolute Gasteiger partial charge is 0.383 e. The molecule has 14 heavy (non-hydrogen) atoms. The van der Waals surface area contributed by atoms with Crippen molar-refractivity contribution in [2.75, 3.05) is 26.8 Å². The standard InChI is InChI=1S/C8H15F2NO.C2H6/c1-12-6-7-3-2-4-11(7)5-8(9)10;1-2/h7-8H,2-6H2,1H3;1-2H3. The molecular formula is C10H21F2NO. The summed E-state index contributed by atoms with van der Waals surface area (Å²) in [6.45, 7) is 5.26. The third kappa shape index (κ3) is 4.86. The van der Waals surface area contributed by atoms with Crippen LogP contribution in [0.1, 0.15) is 26.7 Å². The van der Waals surface area contributed by atoms with Gasteiger partial charge in [0.15, 0.2) is 0 Å². The molecular weight excluding hydrogens is 188 g/mol.